The molecule has 3 aromatic rings. The molecular formula is C20H26N6O2. The van der Waals surface area contributed by atoms with Crippen molar-refractivity contribution in [2.24, 2.45) is 4.99 Å². The number of methoxy groups -OCH3 is 2. The fourth-order valence-electron chi connectivity index (χ4n) is 2.88. The molecule has 3 rings (SSSR count). The van der Waals surface area contributed by atoms with E-state index in [1.54, 1.807) is 14.2 Å². The molecule has 148 valence electrons. The summed E-state index contributed by atoms with van der Waals surface area (Å²) in [7, 11) is 3.33. The average Bonchev–Trinajstić information content (AvgIpc) is 3.15. The standard InChI is InChI=1S/C20H26N6O2/c1-4-21-20(23-14-19-25-24-18-7-5-6-12-26(18)19)22-11-10-15-13-16(27-2)8-9-17(15)28-3/h5-9,12-13H,4,10-11,14H2,1-3H3,(H2,21,22,23). The Hall–Kier alpha value is -3.29. The van der Waals surface area contributed by atoms with Gasteiger partial charge in [0.2, 0.25) is 0 Å². The highest BCUT2D eigenvalue weighted by molar-refractivity contribution is 5.79. The van der Waals surface area contributed by atoms with Crippen molar-refractivity contribution in [3.05, 3.63) is 54.0 Å². The van der Waals surface area contributed by atoms with Crippen LogP contribution in [0.2, 0.25) is 0 Å². The maximum Gasteiger partial charge on any atom is 0.191 e. The molecule has 0 radical (unpaired) electrons. The van der Waals surface area contributed by atoms with E-state index in [4.69, 9.17) is 9.47 Å². The van der Waals surface area contributed by atoms with E-state index in [0.717, 1.165) is 47.5 Å². The van der Waals surface area contributed by atoms with Gasteiger partial charge in [-0.3, -0.25) is 4.40 Å². The molecule has 0 fully saturated rings. The highest BCUT2D eigenvalue weighted by atomic mass is 16.5. The minimum absolute atomic E-state index is 0.434. The lowest BCUT2D eigenvalue weighted by Crippen LogP contribution is -2.38. The first-order chi connectivity index (χ1) is 13.7. The van der Waals surface area contributed by atoms with Gasteiger partial charge in [0.05, 0.1) is 14.2 Å². The zero-order valence-corrected chi connectivity index (χ0v) is 16.5. The lowest BCUT2D eigenvalue weighted by molar-refractivity contribution is 0.398. The highest BCUT2D eigenvalue weighted by Crippen LogP contribution is 2.24. The van der Waals surface area contributed by atoms with Crippen molar-refractivity contribution in [2.45, 2.75) is 19.9 Å². The summed E-state index contributed by atoms with van der Waals surface area (Å²) >= 11 is 0. The van der Waals surface area contributed by atoms with Crippen molar-refractivity contribution in [3.8, 4) is 11.5 Å². The molecule has 0 bridgehead atoms. The van der Waals surface area contributed by atoms with Gasteiger partial charge < -0.3 is 20.1 Å². The Morgan fingerprint density at radius 2 is 2.00 bits per heavy atom. The predicted octanol–water partition coefficient (Wildman–Crippen LogP) is 2.04. The summed E-state index contributed by atoms with van der Waals surface area (Å²) in [6.45, 7) is 3.95. The van der Waals surface area contributed by atoms with E-state index in [9.17, 15) is 0 Å². The Morgan fingerprint density at radius 1 is 1.11 bits per heavy atom. The summed E-state index contributed by atoms with van der Waals surface area (Å²) < 4.78 is 12.7. The maximum absolute atomic E-state index is 5.44. The van der Waals surface area contributed by atoms with Crippen LogP contribution in [0.5, 0.6) is 11.5 Å². The van der Waals surface area contributed by atoms with Crippen molar-refractivity contribution in [3.63, 3.8) is 0 Å². The van der Waals surface area contributed by atoms with E-state index in [0.29, 0.717) is 13.1 Å². The van der Waals surface area contributed by atoms with Gasteiger partial charge in [0, 0.05) is 19.3 Å². The van der Waals surface area contributed by atoms with Crippen LogP contribution in [0.25, 0.3) is 5.65 Å². The van der Waals surface area contributed by atoms with Gasteiger partial charge in [0.25, 0.3) is 0 Å². The number of aliphatic imine (C=N–C) groups is 1. The largest absolute Gasteiger partial charge is 0.497 e. The van der Waals surface area contributed by atoms with Gasteiger partial charge in [-0.15, -0.1) is 10.2 Å². The smallest absolute Gasteiger partial charge is 0.191 e. The molecule has 0 atom stereocenters. The molecule has 0 spiro atoms. The van der Waals surface area contributed by atoms with Crippen LogP contribution in [0, 0.1) is 0 Å². The zero-order chi connectivity index (χ0) is 19.8. The molecule has 2 N–H and O–H groups in total. The summed E-state index contributed by atoms with van der Waals surface area (Å²) in [5.41, 5.74) is 1.89. The summed E-state index contributed by atoms with van der Waals surface area (Å²) in [5, 5.41) is 15.0. The molecule has 2 aromatic heterocycles. The Balaban J connectivity index is 1.64. The van der Waals surface area contributed by atoms with Gasteiger partial charge in [-0.2, -0.15) is 0 Å². The minimum atomic E-state index is 0.434. The second-order valence-electron chi connectivity index (χ2n) is 6.09. The number of nitrogens with zero attached hydrogens (tertiary/aromatic N) is 4. The molecule has 8 nitrogen and oxygen atoms in total. The minimum Gasteiger partial charge on any atom is -0.497 e. The van der Waals surface area contributed by atoms with Crippen LogP contribution in [0.15, 0.2) is 47.6 Å². The molecule has 28 heavy (non-hydrogen) atoms. The number of hydrogen-bond donors (Lipinski definition) is 2. The number of pyridine rings is 1. The second-order valence-corrected chi connectivity index (χ2v) is 6.09. The lowest BCUT2D eigenvalue weighted by atomic mass is 10.1. The van der Waals surface area contributed by atoms with Crippen LogP contribution in [0.3, 0.4) is 0 Å². The van der Waals surface area contributed by atoms with Gasteiger partial charge >= 0.3 is 0 Å². The first-order valence-electron chi connectivity index (χ1n) is 9.27. The van der Waals surface area contributed by atoms with Gasteiger partial charge in [0.1, 0.15) is 18.0 Å². The lowest BCUT2D eigenvalue weighted by Gasteiger charge is -2.13. The molecule has 0 aliphatic carbocycles. The molecule has 1 aromatic carbocycles. The van der Waals surface area contributed by atoms with Crippen LogP contribution in [-0.4, -0.2) is 47.9 Å². The van der Waals surface area contributed by atoms with Crippen molar-refractivity contribution >= 4 is 11.6 Å². The summed E-state index contributed by atoms with van der Waals surface area (Å²) in [6, 6.07) is 11.6. The third-order valence-electron chi connectivity index (χ3n) is 4.28. The normalized spacial score (nSPS) is 11.5. The molecule has 2 heterocycles. The summed E-state index contributed by atoms with van der Waals surface area (Å²) in [6.07, 6.45) is 2.72. The second kappa shape index (κ2) is 9.59. The fraction of sp³-hybridized carbons (Fsp3) is 0.350. The van der Waals surface area contributed by atoms with E-state index in [1.165, 1.54) is 0 Å². The summed E-state index contributed by atoms with van der Waals surface area (Å²) in [5.74, 6) is 3.19. The van der Waals surface area contributed by atoms with Gasteiger partial charge in [-0.25, -0.2) is 4.99 Å². The quantitative estimate of drug-likeness (QED) is 0.458. The van der Waals surface area contributed by atoms with E-state index in [-0.39, 0.29) is 0 Å². The third-order valence-corrected chi connectivity index (χ3v) is 4.28. The van der Waals surface area contributed by atoms with Crippen LogP contribution in [0.1, 0.15) is 18.3 Å². The van der Waals surface area contributed by atoms with E-state index < -0.39 is 0 Å². The number of aromatic nitrogens is 3. The highest BCUT2D eigenvalue weighted by Gasteiger charge is 2.07. The molecule has 0 aliphatic rings. The van der Waals surface area contributed by atoms with Crippen molar-refractivity contribution in [2.75, 3.05) is 27.3 Å². The summed E-state index contributed by atoms with van der Waals surface area (Å²) in [4.78, 5) is 4.63. The average molecular weight is 382 g/mol. The molecular weight excluding hydrogens is 356 g/mol. The number of hydrogen-bond acceptors (Lipinski definition) is 5. The molecule has 0 saturated heterocycles. The number of benzene rings is 1. The van der Waals surface area contributed by atoms with Gasteiger partial charge in [-0.05, 0) is 49.2 Å². The van der Waals surface area contributed by atoms with Crippen molar-refractivity contribution < 1.29 is 9.47 Å². The van der Waals surface area contributed by atoms with Crippen LogP contribution in [0.4, 0.5) is 0 Å². The Kier molecular flexibility index (Phi) is 6.67. The first kappa shape index (κ1) is 19.5. The van der Waals surface area contributed by atoms with E-state index in [1.807, 2.05) is 53.9 Å². The molecule has 0 unspecified atom stereocenters. The number of ether oxygens (including phenoxy) is 2. The van der Waals surface area contributed by atoms with Crippen LogP contribution >= 0.6 is 0 Å². The molecule has 0 saturated carbocycles. The first-order valence-corrected chi connectivity index (χ1v) is 9.27. The Labute approximate surface area is 164 Å². The van der Waals surface area contributed by atoms with E-state index in [2.05, 4.69) is 25.8 Å². The van der Waals surface area contributed by atoms with E-state index >= 15 is 0 Å². The molecule has 8 heteroatoms. The monoisotopic (exact) mass is 382 g/mol. The number of guanidine groups is 1. The number of fused-ring (bicyclic) bond motifs is 1. The van der Waals surface area contributed by atoms with Gasteiger partial charge in [0.15, 0.2) is 17.4 Å². The van der Waals surface area contributed by atoms with Crippen LogP contribution in [-0.2, 0) is 13.0 Å². The van der Waals surface area contributed by atoms with Crippen LogP contribution < -0.4 is 20.1 Å². The fourth-order valence-corrected chi connectivity index (χ4v) is 2.88. The van der Waals surface area contributed by atoms with Crippen molar-refractivity contribution in [1.29, 1.82) is 0 Å². The predicted molar refractivity (Wildman–Crippen MR) is 109 cm³/mol. The molecule has 0 amide bonds. The zero-order valence-electron chi connectivity index (χ0n) is 16.5. The van der Waals surface area contributed by atoms with Gasteiger partial charge in [-0.1, -0.05) is 6.07 Å². The van der Waals surface area contributed by atoms with Crippen molar-refractivity contribution in [1.82, 2.24) is 25.2 Å². The maximum atomic E-state index is 5.44. The Morgan fingerprint density at radius 3 is 2.79 bits per heavy atom. The molecule has 0 aliphatic heterocycles. The third kappa shape index (κ3) is 4.70. The Bertz CT molecular complexity index is 937. The number of rotatable bonds is 8. The number of nitrogens with one attached hydrogen (secondary N) is 2. The topological polar surface area (TPSA) is 85.1 Å². The SMILES string of the molecule is CCNC(=NCc1nnc2ccccn12)NCCc1cc(OC)ccc1OC.